The largest absolute Gasteiger partial charge is 0.394 e. The van der Waals surface area contributed by atoms with Gasteiger partial charge in [0.2, 0.25) is 0 Å². The molecule has 14 atom stereocenters. The molecule has 5 aliphatic rings. The van der Waals surface area contributed by atoms with Gasteiger partial charge in [0.25, 0.3) is 0 Å². The van der Waals surface area contributed by atoms with Crippen LogP contribution in [0, 0.1) is 46.3 Å². The summed E-state index contributed by atoms with van der Waals surface area (Å²) in [6.07, 6.45) is 10.6. The maximum atomic E-state index is 10.2. The molecule has 0 aromatic carbocycles. The Morgan fingerprint density at radius 1 is 0.776 bits per heavy atom. The smallest absolute Gasteiger partial charge is 0.324 e. The minimum atomic E-state index is -3.56. The third-order valence-electron chi connectivity index (χ3n) is 14.5. The zero-order chi connectivity index (χ0) is 41.9. The van der Waals surface area contributed by atoms with Crippen LogP contribution in [-0.4, -0.2) is 135 Å². The fourth-order valence-corrected chi connectivity index (χ4v) is 12.5. The number of allylic oxidation sites excluding steroid dienone is 1. The summed E-state index contributed by atoms with van der Waals surface area (Å²) in [5, 5.41) is 38.9. The molecule has 0 spiro atoms. The third kappa shape index (κ3) is 12.7. The fraction of sp³-hybridized carbons (Fsp3) is 0.953. The Morgan fingerprint density at radius 2 is 1.41 bits per heavy atom. The van der Waals surface area contributed by atoms with E-state index in [4.69, 9.17) is 49.3 Å². The first kappa shape index (κ1) is 48.9. The zero-order valence-electron chi connectivity index (χ0n) is 35.9. The van der Waals surface area contributed by atoms with Gasteiger partial charge in [0.05, 0.1) is 78.8 Å². The Balaban J connectivity index is 0.864. The van der Waals surface area contributed by atoms with Crippen LogP contribution >= 0.6 is 6.72 Å². The molecule has 4 unspecified atom stereocenters. The molecular formula is C43H77O13PS. The normalized spacial score (nSPS) is 37.8. The molecule has 13 nitrogen and oxygen atoms in total. The fourth-order valence-electron chi connectivity index (χ4n) is 11.4. The molecule has 0 radical (unpaired) electrons. The Labute approximate surface area is 353 Å². The van der Waals surface area contributed by atoms with Crippen LogP contribution in [-0.2, 0) is 49.3 Å². The molecule has 0 bridgehead atoms. The van der Waals surface area contributed by atoms with Crippen molar-refractivity contribution in [1.82, 2.24) is 0 Å². The second kappa shape index (κ2) is 23.0. The summed E-state index contributed by atoms with van der Waals surface area (Å²) >= 11 is 4.98. The minimum absolute atomic E-state index is 0.0155. The monoisotopic (exact) mass is 864 g/mol. The van der Waals surface area contributed by atoms with Gasteiger partial charge < -0.3 is 62.8 Å². The van der Waals surface area contributed by atoms with Gasteiger partial charge >= 0.3 is 6.72 Å². The summed E-state index contributed by atoms with van der Waals surface area (Å²) in [6.45, 7) is 11.1. The van der Waals surface area contributed by atoms with E-state index in [0.29, 0.717) is 50.5 Å². The van der Waals surface area contributed by atoms with Crippen LogP contribution in [0.25, 0.3) is 0 Å². The van der Waals surface area contributed by atoms with Crippen molar-refractivity contribution in [3.8, 4) is 0 Å². The number of aliphatic hydroxyl groups excluding tert-OH is 4. The van der Waals surface area contributed by atoms with Crippen LogP contribution in [0.2, 0.25) is 0 Å². The van der Waals surface area contributed by atoms with Gasteiger partial charge in [0, 0.05) is 0 Å². The van der Waals surface area contributed by atoms with Crippen molar-refractivity contribution in [1.29, 1.82) is 0 Å². The van der Waals surface area contributed by atoms with E-state index in [-0.39, 0.29) is 32.5 Å². The van der Waals surface area contributed by atoms with Crippen molar-refractivity contribution in [3.63, 3.8) is 0 Å². The highest BCUT2D eigenvalue weighted by molar-refractivity contribution is 8.07. The molecule has 1 saturated heterocycles. The molecule has 0 aromatic heterocycles. The van der Waals surface area contributed by atoms with Crippen LogP contribution < -0.4 is 0 Å². The predicted octanol–water partition coefficient (Wildman–Crippen LogP) is 5.53. The molecule has 4 aliphatic carbocycles. The molecule has 15 heteroatoms. The molecular weight excluding hydrogens is 788 g/mol. The molecule has 338 valence electrons. The van der Waals surface area contributed by atoms with E-state index in [1.165, 1.54) is 57.8 Å². The number of ether oxygens (including phenoxy) is 6. The van der Waals surface area contributed by atoms with Crippen molar-refractivity contribution in [3.05, 3.63) is 11.6 Å². The Hall–Kier alpha value is -0.130. The van der Waals surface area contributed by atoms with E-state index in [1.54, 1.807) is 5.57 Å². The number of rotatable bonds is 25. The molecule has 4 fully saturated rings. The van der Waals surface area contributed by atoms with E-state index >= 15 is 0 Å². The lowest BCUT2D eigenvalue weighted by Gasteiger charge is -2.58. The molecule has 5 N–H and O–H groups in total. The van der Waals surface area contributed by atoms with E-state index in [9.17, 15) is 25.3 Å². The summed E-state index contributed by atoms with van der Waals surface area (Å²) in [6, 6.07) is 0. The lowest BCUT2D eigenvalue weighted by atomic mass is 9.47. The van der Waals surface area contributed by atoms with Gasteiger partial charge in [-0.3, -0.25) is 0 Å². The lowest BCUT2D eigenvalue weighted by molar-refractivity contribution is -0.301. The lowest BCUT2D eigenvalue weighted by Crippen LogP contribution is -2.59. The minimum Gasteiger partial charge on any atom is -0.394 e. The average molecular weight is 865 g/mol. The maximum absolute atomic E-state index is 10.2. The van der Waals surface area contributed by atoms with Crippen LogP contribution in [0.1, 0.15) is 105 Å². The van der Waals surface area contributed by atoms with Crippen LogP contribution in [0.15, 0.2) is 11.6 Å². The Bertz CT molecular complexity index is 1310. The zero-order valence-corrected chi connectivity index (χ0v) is 37.6. The van der Waals surface area contributed by atoms with E-state index < -0.39 is 44.0 Å². The first-order valence-corrected chi connectivity index (χ1v) is 24.9. The number of aliphatic hydroxyl groups is 4. The summed E-state index contributed by atoms with van der Waals surface area (Å²) in [4.78, 5) is 10.2. The molecule has 1 heterocycles. The first-order chi connectivity index (χ1) is 27.7. The predicted molar refractivity (Wildman–Crippen MR) is 223 cm³/mol. The van der Waals surface area contributed by atoms with Gasteiger partial charge in [-0.05, 0) is 110 Å². The van der Waals surface area contributed by atoms with Crippen molar-refractivity contribution in [2.75, 3.05) is 72.7 Å². The molecule has 1 aliphatic heterocycles. The molecule has 58 heavy (non-hydrogen) atoms. The van der Waals surface area contributed by atoms with Gasteiger partial charge in [-0.1, -0.05) is 65.5 Å². The van der Waals surface area contributed by atoms with Crippen LogP contribution in [0.5, 0.6) is 0 Å². The van der Waals surface area contributed by atoms with Crippen molar-refractivity contribution in [2.45, 2.75) is 142 Å². The standard InChI is InChI=1S/C43H77O13PS/c1-29(2)7-6-8-30(3)34-11-12-35-33-10-9-31-27-32(13-15-42(31,4)36(33)14-16-43(34,35)5)52-23-21-50-19-17-49-18-20-51-22-25-54-57(48,58)55-26-24-53-41-40(47)39(46)38(45)37(28-44)56-41/h9,29-30,32-41,44-47H,6-8,10-28H2,1-5H3,(H,48,58)/t30-,32-,33?,34-,35?,36?,37-,38+,39+,40-,41-,42+,43-,57?/m1/s1. The quantitative estimate of drug-likeness (QED) is 0.0440. The second-order valence-electron chi connectivity index (χ2n) is 18.6. The first-order valence-electron chi connectivity index (χ1n) is 22.3. The summed E-state index contributed by atoms with van der Waals surface area (Å²) in [7, 11) is 0. The highest BCUT2D eigenvalue weighted by Crippen LogP contribution is 2.67. The molecule has 0 aromatic rings. The average Bonchev–Trinajstić information content (AvgIpc) is 3.55. The highest BCUT2D eigenvalue weighted by atomic mass is 32.5. The maximum Gasteiger partial charge on any atom is 0.324 e. The van der Waals surface area contributed by atoms with Crippen LogP contribution in [0.3, 0.4) is 0 Å². The Morgan fingerprint density at radius 3 is 2.09 bits per heavy atom. The molecule has 5 rings (SSSR count). The van der Waals surface area contributed by atoms with Crippen molar-refractivity contribution in [2.24, 2.45) is 46.3 Å². The summed E-state index contributed by atoms with van der Waals surface area (Å²) in [5.74, 6) is 5.14. The highest BCUT2D eigenvalue weighted by Gasteiger charge is 2.59. The van der Waals surface area contributed by atoms with Gasteiger partial charge in [-0.2, -0.15) is 0 Å². The van der Waals surface area contributed by atoms with E-state index in [1.807, 2.05) is 0 Å². The molecule has 0 amide bonds. The SMILES string of the molecule is CC(C)CCC[C@@H](C)[C@H]1CCC2C3CC=C4C[C@H](OCCOCCOCCOCCOP(O)(=S)OCCO[C@@H]5O[C@H](CO)[C@H](O)[C@H](O)[C@H]5O)CC[C@]4(C)C3CC[C@@]21C. The van der Waals surface area contributed by atoms with Gasteiger partial charge in [-0.25, -0.2) is 0 Å². The van der Waals surface area contributed by atoms with Gasteiger partial charge in [0.15, 0.2) is 6.29 Å². The van der Waals surface area contributed by atoms with Crippen molar-refractivity contribution < 1.29 is 62.8 Å². The van der Waals surface area contributed by atoms with Gasteiger partial charge in [0.1, 0.15) is 24.4 Å². The van der Waals surface area contributed by atoms with E-state index in [0.717, 1.165) is 48.3 Å². The number of fused-ring (bicyclic) bond motifs is 5. The number of hydrogen-bond donors (Lipinski definition) is 5. The van der Waals surface area contributed by atoms with Crippen molar-refractivity contribution >= 4 is 18.5 Å². The Kier molecular flexibility index (Phi) is 19.4. The van der Waals surface area contributed by atoms with E-state index in [2.05, 4.69) is 40.7 Å². The third-order valence-corrected chi connectivity index (χ3v) is 16.2. The second-order valence-corrected chi connectivity index (χ2v) is 21.4. The van der Waals surface area contributed by atoms with Crippen LogP contribution in [0.4, 0.5) is 0 Å². The number of hydrogen-bond acceptors (Lipinski definition) is 13. The topological polar surface area (TPSA) is 175 Å². The summed E-state index contributed by atoms with van der Waals surface area (Å²) in [5.41, 5.74) is 2.53. The summed E-state index contributed by atoms with van der Waals surface area (Å²) < 4.78 is 44.2. The van der Waals surface area contributed by atoms with Gasteiger partial charge in [-0.15, -0.1) is 0 Å². The molecule has 3 saturated carbocycles.